The molecule has 0 bridgehead atoms. The summed E-state index contributed by atoms with van der Waals surface area (Å²) in [5, 5.41) is 3.50. The van der Waals surface area contributed by atoms with Crippen LogP contribution in [0.2, 0.25) is 0 Å². The van der Waals surface area contributed by atoms with E-state index in [1.165, 1.54) is 24.3 Å². The van der Waals surface area contributed by atoms with Crippen molar-refractivity contribution < 1.29 is 18.0 Å². The van der Waals surface area contributed by atoms with Crippen LogP contribution in [0.5, 0.6) is 0 Å². The molecule has 0 saturated carbocycles. The number of hydrogen-bond donors (Lipinski definition) is 1. The molecular weight excluding hydrogens is 329 g/mol. The third-order valence-electron chi connectivity index (χ3n) is 3.54. The molecule has 0 saturated heterocycles. The molecule has 0 unspecified atom stereocenters. The van der Waals surface area contributed by atoms with Gasteiger partial charge in [0.15, 0.2) is 0 Å². The predicted molar refractivity (Wildman–Crippen MR) is 90.9 cm³/mol. The molecule has 0 atom stereocenters. The van der Waals surface area contributed by atoms with Crippen LogP contribution in [0.4, 0.5) is 18.9 Å². The van der Waals surface area contributed by atoms with Crippen LogP contribution in [0.25, 0.3) is 17.0 Å². The lowest BCUT2D eigenvalue weighted by Crippen LogP contribution is -2.08. The second kappa shape index (κ2) is 6.76. The molecule has 0 radical (unpaired) electrons. The monoisotopic (exact) mass is 342 g/mol. The Balaban J connectivity index is 1.77. The van der Waals surface area contributed by atoms with E-state index in [2.05, 4.69) is 10.3 Å². The van der Waals surface area contributed by atoms with Gasteiger partial charge in [0.25, 0.3) is 0 Å². The van der Waals surface area contributed by atoms with E-state index >= 15 is 0 Å². The van der Waals surface area contributed by atoms with E-state index in [0.29, 0.717) is 11.3 Å². The van der Waals surface area contributed by atoms with Crippen molar-refractivity contribution >= 4 is 28.6 Å². The van der Waals surface area contributed by atoms with E-state index in [1.54, 1.807) is 24.4 Å². The maximum atomic E-state index is 12.7. The van der Waals surface area contributed by atoms with Gasteiger partial charge in [-0.2, -0.15) is 13.2 Å². The van der Waals surface area contributed by atoms with Crippen molar-refractivity contribution in [2.45, 2.75) is 6.18 Å². The molecule has 1 heterocycles. The molecule has 3 rings (SSSR count). The van der Waals surface area contributed by atoms with Gasteiger partial charge in [0.2, 0.25) is 5.91 Å². The highest BCUT2D eigenvalue weighted by Gasteiger charge is 2.30. The number of hydrogen-bond acceptors (Lipinski definition) is 2. The van der Waals surface area contributed by atoms with E-state index < -0.39 is 17.6 Å². The molecule has 0 aliphatic rings. The van der Waals surface area contributed by atoms with Crippen LogP contribution < -0.4 is 5.32 Å². The molecule has 2 aromatic carbocycles. The summed E-state index contributed by atoms with van der Waals surface area (Å²) in [4.78, 5) is 16.3. The van der Waals surface area contributed by atoms with Crippen LogP contribution >= 0.6 is 0 Å². The SMILES string of the molecule is O=C(C=Cc1cccc(C(F)(F)F)c1)Nc1cccc2ncccc12. The van der Waals surface area contributed by atoms with E-state index in [4.69, 9.17) is 0 Å². The number of alkyl halides is 3. The fourth-order valence-electron chi connectivity index (χ4n) is 2.38. The van der Waals surface area contributed by atoms with Gasteiger partial charge in [-0.1, -0.05) is 18.2 Å². The smallest absolute Gasteiger partial charge is 0.322 e. The Kier molecular flexibility index (Phi) is 4.52. The Labute approximate surface area is 141 Å². The molecule has 25 heavy (non-hydrogen) atoms. The number of benzene rings is 2. The standard InChI is InChI=1S/C19H13F3N2O/c20-19(21,22)14-5-1-4-13(12-14)9-10-18(25)24-17-8-2-7-16-15(17)6-3-11-23-16/h1-12H,(H,24,25). The van der Waals surface area contributed by atoms with Gasteiger partial charge in [-0.05, 0) is 48.0 Å². The maximum Gasteiger partial charge on any atom is 0.416 e. The number of carbonyl (C=O) groups is 1. The topological polar surface area (TPSA) is 42.0 Å². The lowest BCUT2D eigenvalue weighted by atomic mass is 10.1. The maximum absolute atomic E-state index is 12.7. The molecule has 6 heteroatoms. The number of carbonyl (C=O) groups excluding carboxylic acids is 1. The summed E-state index contributed by atoms with van der Waals surface area (Å²) in [5.41, 5.74) is 0.867. The summed E-state index contributed by atoms with van der Waals surface area (Å²) in [7, 11) is 0. The zero-order valence-electron chi connectivity index (χ0n) is 12.9. The third kappa shape index (κ3) is 4.03. The summed E-state index contributed by atoms with van der Waals surface area (Å²) in [6, 6.07) is 13.7. The summed E-state index contributed by atoms with van der Waals surface area (Å²) in [5.74, 6) is -0.436. The zero-order chi connectivity index (χ0) is 17.9. The van der Waals surface area contributed by atoms with Crippen molar-refractivity contribution in [1.82, 2.24) is 4.98 Å². The van der Waals surface area contributed by atoms with Gasteiger partial charge in [0.1, 0.15) is 0 Å². The number of nitrogens with zero attached hydrogens (tertiary/aromatic N) is 1. The molecule has 1 aromatic heterocycles. The van der Waals surface area contributed by atoms with Crippen LogP contribution in [-0.2, 0) is 11.0 Å². The van der Waals surface area contributed by atoms with Crippen LogP contribution in [0, 0.1) is 0 Å². The summed E-state index contributed by atoms with van der Waals surface area (Å²) >= 11 is 0. The zero-order valence-corrected chi connectivity index (χ0v) is 12.9. The van der Waals surface area contributed by atoms with Crippen molar-refractivity contribution in [3.63, 3.8) is 0 Å². The highest BCUT2D eigenvalue weighted by atomic mass is 19.4. The first-order valence-corrected chi connectivity index (χ1v) is 7.43. The average molecular weight is 342 g/mol. The first kappa shape index (κ1) is 16.7. The normalized spacial score (nSPS) is 11.8. The van der Waals surface area contributed by atoms with Crippen molar-refractivity contribution in [2.24, 2.45) is 0 Å². The summed E-state index contributed by atoms with van der Waals surface area (Å²) < 4.78 is 38.1. The second-order valence-corrected chi connectivity index (χ2v) is 5.32. The van der Waals surface area contributed by atoms with Crippen molar-refractivity contribution in [1.29, 1.82) is 0 Å². The average Bonchev–Trinajstić information content (AvgIpc) is 2.60. The van der Waals surface area contributed by atoms with Crippen LogP contribution in [0.1, 0.15) is 11.1 Å². The molecule has 3 aromatic rings. The Hall–Kier alpha value is -3.15. The third-order valence-corrected chi connectivity index (χ3v) is 3.54. The Bertz CT molecular complexity index is 943. The number of fused-ring (bicyclic) bond motifs is 1. The first-order chi connectivity index (χ1) is 11.9. The fraction of sp³-hybridized carbons (Fsp3) is 0.0526. The van der Waals surface area contributed by atoms with Gasteiger partial charge in [-0.3, -0.25) is 9.78 Å². The van der Waals surface area contributed by atoms with Gasteiger partial charge < -0.3 is 5.32 Å². The number of rotatable bonds is 3. The van der Waals surface area contributed by atoms with Crippen molar-refractivity contribution in [3.8, 4) is 0 Å². The highest BCUT2D eigenvalue weighted by molar-refractivity contribution is 6.06. The largest absolute Gasteiger partial charge is 0.416 e. The molecule has 3 nitrogen and oxygen atoms in total. The van der Waals surface area contributed by atoms with Crippen LogP contribution in [-0.4, -0.2) is 10.9 Å². The molecule has 126 valence electrons. The summed E-state index contributed by atoms with van der Waals surface area (Å²) in [6.07, 6.45) is -0.220. The number of halogens is 3. The van der Waals surface area contributed by atoms with Crippen LogP contribution in [0.3, 0.4) is 0 Å². The predicted octanol–water partition coefficient (Wildman–Crippen LogP) is 4.91. The van der Waals surface area contributed by atoms with E-state index in [1.807, 2.05) is 12.1 Å². The van der Waals surface area contributed by atoms with E-state index in [9.17, 15) is 18.0 Å². The number of anilines is 1. The molecule has 0 aliphatic heterocycles. The van der Waals surface area contributed by atoms with Gasteiger partial charge in [-0.15, -0.1) is 0 Å². The quantitative estimate of drug-likeness (QED) is 0.688. The number of nitrogens with one attached hydrogen (secondary N) is 1. The number of pyridine rings is 1. The van der Waals surface area contributed by atoms with Gasteiger partial charge in [0.05, 0.1) is 16.8 Å². The molecule has 0 fully saturated rings. The minimum Gasteiger partial charge on any atom is -0.322 e. The minimum atomic E-state index is -4.41. The number of aromatic nitrogens is 1. The Morgan fingerprint density at radius 1 is 1.04 bits per heavy atom. The molecule has 1 N–H and O–H groups in total. The first-order valence-electron chi connectivity index (χ1n) is 7.43. The van der Waals surface area contributed by atoms with E-state index in [-0.39, 0.29) is 0 Å². The molecule has 0 aliphatic carbocycles. The Morgan fingerprint density at radius 2 is 1.84 bits per heavy atom. The second-order valence-electron chi connectivity index (χ2n) is 5.32. The van der Waals surface area contributed by atoms with Crippen molar-refractivity contribution in [2.75, 3.05) is 5.32 Å². The highest BCUT2D eigenvalue weighted by Crippen LogP contribution is 2.29. The Morgan fingerprint density at radius 3 is 2.64 bits per heavy atom. The minimum absolute atomic E-state index is 0.296. The van der Waals surface area contributed by atoms with Gasteiger partial charge in [-0.25, -0.2) is 0 Å². The van der Waals surface area contributed by atoms with Crippen LogP contribution in [0.15, 0.2) is 66.9 Å². The fourth-order valence-corrected chi connectivity index (χ4v) is 2.38. The van der Waals surface area contributed by atoms with Crippen molar-refractivity contribution in [3.05, 3.63) is 78.0 Å². The molecular formula is C19H13F3N2O. The molecule has 1 amide bonds. The van der Waals surface area contributed by atoms with Gasteiger partial charge in [0, 0.05) is 17.7 Å². The summed E-state index contributed by atoms with van der Waals surface area (Å²) in [6.45, 7) is 0. The lowest BCUT2D eigenvalue weighted by Gasteiger charge is -2.07. The number of amides is 1. The molecule has 0 spiro atoms. The van der Waals surface area contributed by atoms with Gasteiger partial charge >= 0.3 is 6.18 Å². The van der Waals surface area contributed by atoms with E-state index in [0.717, 1.165) is 23.0 Å². The lowest BCUT2D eigenvalue weighted by molar-refractivity contribution is -0.137.